The summed E-state index contributed by atoms with van der Waals surface area (Å²) in [6, 6.07) is 1.17. The van der Waals surface area contributed by atoms with Crippen LogP contribution in [0.2, 0.25) is 0 Å². The number of guanidine groups is 1. The molecule has 0 atom stereocenters. The summed E-state index contributed by atoms with van der Waals surface area (Å²) in [4.78, 5) is 11.4. The molecule has 138 valence electrons. The SMILES string of the molecule is CN=C(NCCCN(C(C)C)C(C)C)NCc1nc(C(C)C)cs1. The van der Waals surface area contributed by atoms with Gasteiger partial charge in [-0.05, 0) is 40.0 Å². The summed E-state index contributed by atoms with van der Waals surface area (Å²) in [5.74, 6) is 1.33. The Morgan fingerprint density at radius 1 is 1.17 bits per heavy atom. The summed E-state index contributed by atoms with van der Waals surface area (Å²) in [5.41, 5.74) is 1.17. The third-order valence-corrected chi connectivity index (χ3v) is 4.87. The number of rotatable bonds is 9. The molecule has 1 heterocycles. The Morgan fingerprint density at radius 3 is 2.33 bits per heavy atom. The highest BCUT2D eigenvalue weighted by molar-refractivity contribution is 7.09. The van der Waals surface area contributed by atoms with Crippen LogP contribution in [0.1, 0.15) is 64.6 Å². The molecule has 0 saturated carbocycles. The van der Waals surface area contributed by atoms with Crippen LogP contribution in [0.15, 0.2) is 10.4 Å². The van der Waals surface area contributed by atoms with Crippen molar-refractivity contribution in [3.63, 3.8) is 0 Å². The van der Waals surface area contributed by atoms with Gasteiger partial charge in [-0.3, -0.25) is 9.89 Å². The summed E-state index contributed by atoms with van der Waals surface area (Å²) in [7, 11) is 1.81. The van der Waals surface area contributed by atoms with Crippen molar-refractivity contribution < 1.29 is 0 Å². The molecule has 0 fully saturated rings. The quantitative estimate of drug-likeness (QED) is 0.406. The molecule has 0 spiro atoms. The van der Waals surface area contributed by atoms with Gasteiger partial charge in [0.1, 0.15) is 5.01 Å². The van der Waals surface area contributed by atoms with Crippen LogP contribution in [0, 0.1) is 0 Å². The molecule has 5 nitrogen and oxygen atoms in total. The van der Waals surface area contributed by atoms with E-state index in [1.165, 1.54) is 5.69 Å². The highest BCUT2D eigenvalue weighted by Gasteiger charge is 2.12. The number of thiazole rings is 1. The lowest BCUT2D eigenvalue weighted by Gasteiger charge is -2.30. The number of hydrogen-bond acceptors (Lipinski definition) is 4. The third-order valence-electron chi connectivity index (χ3n) is 4.00. The predicted octanol–water partition coefficient (Wildman–Crippen LogP) is 3.44. The fourth-order valence-corrected chi connectivity index (χ4v) is 3.53. The lowest BCUT2D eigenvalue weighted by Crippen LogP contribution is -2.41. The van der Waals surface area contributed by atoms with Crippen molar-refractivity contribution in [3.8, 4) is 0 Å². The molecule has 0 aliphatic heterocycles. The van der Waals surface area contributed by atoms with Crippen molar-refractivity contribution >= 4 is 17.3 Å². The lowest BCUT2D eigenvalue weighted by atomic mass is 10.2. The molecule has 1 aromatic heterocycles. The fourth-order valence-electron chi connectivity index (χ4n) is 2.63. The van der Waals surface area contributed by atoms with Crippen LogP contribution < -0.4 is 10.6 Å². The Balaban J connectivity index is 2.32. The molecule has 1 aromatic rings. The van der Waals surface area contributed by atoms with Crippen molar-refractivity contribution in [2.24, 2.45) is 4.99 Å². The lowest BCUT2D eigenvalue weighted by molar-refractivity contribution is 0.173. The Labute approximate surface area is 152 Å². The summed E-state index contributed by atoms with van der Waals surface area (Å²) >= 11 is 1.71. The summed E-state index contributed by atoms with van der Waals surface area (Å²) < 4.78 is 0. The van der Waals surface area contributed by atoms with Crippen molar-refractivity contribution in [2.45, 2.75) is 72.5 Å². The first-order valence-corrected chi connectivity index (χ1v) is 9.87. The van der Waals surface area contributed by atoms with Gasteiger partial charge in [0.25, 0.3) is 0 Å². The highest BCUT2D eigenvalue weighted by Crippen LogP contribution is 2.17. The van der Waals surface area contributed by atoms with Gasteiger partial charge in [-0.1, -0.05) is 13.8 Å². The molecule has 24 heavy (non-hydrogen) atoms. The molecule has 0 amide bonds. The van der Waals surface area contributed by atoms with E-state index in [4.69, 9.17) is 0 Å². The molecule has 0 aromatic carbocycles. The van der Waals surface area contributed by atoms with Crippen LogP contribution in [-0.4, -0.2) is 48.1 Å². The van der Waals surface area contributed by atoms with E-state index >= 15 is 0 Å². The van der Waals surface area contributed by atoms with Gasteiger partial charge in [-0.2, -0.15) is 0 Å². The second-order valence-electron chi connectivity index (χ2n) is 6.95. The Bertz CT molecular complexity index is 485. The number of nitrogens with zero attached hydrogens (tertiary/aromatic N) is 3. The average molecular weight is 354 g/mol. The van der Waals surface area contributed by atoms with E-state index in [1.54, 1.807) is 11.3 Å². The van der Waals surface area contributed by atoms with E-state index in [-0.39, 0.29) is 0 Å². The van der Waals surface area contributed by atoms with Crippen LogP contribution in [0.3, 0.4) is 0 Å². The van der Waals surface area contributed by atoms with Crippen molar-refractivity contribution in [1.29, 1.82) is 0 Å². The minimum Gasteiger partial charge on any atom is -0.356 e. The molecule has 6 heteroatoms. The smallest absolute Gasteiger partial charge is 0.191 e. The number of nitrogens with one attached hydrogen (secondary N) is 2. The van der Waals surface area contributed by atoms with Gasteiger partial charge in [0.15, 0.2) is 5.96 Å². The monoisotopic (exact) mass is 353 g/mol. The zero-order valence-electron chi connectivity index (χ0n) is 16.4. The van der Waals surface area contributed by atoms with Crippen LogP contribution >= 0.6 is 11.3 Å². The molecular formula is C18H35N5S. The van der Waals surface area contributed by atoms with Crippen LogP contribution in [0.4, 0.5) is 0 Å². The Kier molecular flexibility index (Phi) is 9.29. The number of aromatic nitrogens is 1. The zero-order valence-corrected chi connectivity index (χ0v) is 17.2. The van der Waals surface area contributed by atoms with E-state index in [2.05, 4.69) is 72.4 Å². The van der Waals surface area contributed by atoms with Gasteiger partial charge < -0.3 is 10.6 Å². The topological polar surface area (TPSA) is 52.6 Å². The highest BCUT2D eigenvalue weighted by atomic mass is 32.1. The van der Waals surface area contributed by atoms with Crippen molar-refractivity contribution in [2.75, 3.05) is 20.1 Å². The van der Waals surface area contributed by atoms with E-state index in [1.807, 2.05) is 7.05 Å². The standard InChI is InChI=1S/C18H35N5S/c1-13(2)16-12-24-17(22-16)11-21-18(19-7)20-9-8-10-23(14(3)4)15(5)6/h12-15H,8-11H2,1-7H3,(H2,19,20,21). The maximum Gasteiger partial charge on any atom is 0.191 e. The van der Waals surface area contributed by atoms with Gasteiger partial charge in [-0.15, -0.1) is 11.3 Å². The normalized spacial score (nSPS) is 12.7. The first-order chi connectivity index (χ1) is 11.3. The maximum atomic E-state index is 4.64. The molecule has 1 rings (SSSR count). The van der Waals surface area contributed by atoms with E-state index in [9.17, 15) is 0 Å². The number of hydrogen-bond donors (Lipinski definition) is 2. The predicted molar refractivity (Wildman–Crippen MR) is 106 cm³/mol. The largest absolute Gasteiger partial charge is 0.356 e. The first kappa shape index (κ1) is 20.9. The average Bonchev–Trinajstić information content (AvgIpc) is 2.98. The maximum absolute atomic E-state index is 4.64. The molecule has 0 bridgehead atoms. The second-order valence-corrected chi connectivity index (χ2v) is 7.89. The molecule has 2 N–H and O–H groups in total. The molecule has 0 aliphatic rings. The minimum absolute atomic E-state index is 0.484. The van der Waals surface area contributed by atoms with Crippen LogP contribution in [-0.2, 0) is 6.54 Å². The molecule has 0 unspecified atom stereocenters. The van der Waals surface area contributed by atoms with Crippen LogP contribution in [0.5, 0.6) is 0 Å². The Morgan fingerprint density at radius 2 is 1.83 bits per heavy atom. The Hall–Kier alpha value is -1.14. The van der Waals surface area contributed by atoms with Gasteiger partial charge in [0.05, 0.1) is 12.2 Å². The molecule has 0 aliphatic carbocycles. The van der Waals surface area contributed by atoms with Gasteiger partial charge >= 0.3 is 0 Å². The zero-order chi connectivity index (χ0) is 18.1. The van der Waals surface area contributed by atoms with Gasteiger partial charge in [0, 0.05) is 37.6 Å². The van der Waals surface area contributed by atoms with E-state index in [0.29, 0.717) is 18.0 Å². The summed E-state index contributed by atoms with van der Waals surface area (Å²) in [5, 5.41) is 9.98. The molecule has 0 saturated heterocycles. The minimum atomic E-state index is 0.484. The summed E-state index contributed by atoms with van der Waals surface area (Å²) in [6.45, 7) is 16.1. The van der Waals surface area contributed by atoms with Gasteiger partial charge in [0.2, 0.25) is 0 Å². The first-order valence-electron chi connectivity index (χ1n) is 8.99. The third kappa shape index (κ3) is 7.18. The van der Waals surface area contributed by atoms with Gasteiger partial charge in [-0.25, -0.2) is 4.98 Å². The van der Waals surface area contributed by atoms with Crippen LogP contribution in [0.25, 0.3) is 0 Å². The fraction of sp³-hybridized carbons (Fsp3) is 0.778. The number of aliphatic imine (C=N–C) groups is 1. The second kappa shape index (κ2) is 10.7. The summed E-state index contributed by atoms with van der Waals surface area (Å²) in [6.07, 6.45) is 1.10. The van der Waals surface area contributed by atoms with E-state index < -0.39 is 0 Å². The van der Waals surface area contributed by atoms with Crippen molar-refractivity contribution in [3.05, 3.63) is 16.1 Å². The molecule has 0 radical (unpaired) electrons. The van der Waals surface area contributed by atoms with E-state index in [0.717, 1.165) is 37.0 Å². The molecular weight excluding hydrogens is 318 g/mol. The van der Waals surface area contributed by atoms with Crippen molar-refractivity contribution in [1.82, 2.24) is 20.5 Å².